The van der Waals surface area contributed by atoms with Gasteiger partial charge < -0.3 is 19.8 Å². The van der Waals surface area contributed by atoms with Gasteiger partial charge in [-0.25, -0.2) is 0 Å². The van der Waals surface area contributed by atoms with E-state index in [9.17, 15) is 9.59 Å². The molecule has 2 aromatic carbocycles. The minimum absolute atomic E-state index is 0.184. The van der Waals surface area contributed by atoms with Crippen molar-refractivity contribution < 1.29 is 18.7 Å². The fourth-order valence-electron chi connectivity index (χ4n) is 2.63. The topological polar surface area (TPSA) is 80.6 Å². The van der Waals surface area contributed by atoms with Crippen LogP contribution in [-0.2, 0) is 11.3 Å². The van der Waals surface area contributed by atoms with E-state index in [-0.39, 0.29) is 24.8 Å². The fourth-order valence-corrected chi connectivity index (χ4v) is 2.76. The normalized spacial score (nSPS) is 10.4. The van der Waals surface area contributed by atoms with Crippen LogP contribution in [-0.4, -0.2) is 18.4 Å². The third-order valence-corrected chi connectivity index (χ3v) is 4.33. The van der Waals surface area contributed by atoms with Crippen LogP contribution in [0.15, 0.2) is 71.3 Å². The molecule has 1 aromatic heterocycles. The molecule has 3 rings (SSSR count). The van der Waals surface area contributed by atoms with E-state index in [4.69, 9.17) is 20.8 Å². The summed E-state index contributed by atoms with van der Waals surface area (Å²) >= 11 is 5.83. The van der Waals surface area contributed by atoms with Gasteiger partial charge in [0.2, 0.25) is 5.91 Å². The van der Waals surface area contributed by atoms with Crippen molar-refractivity contribution in [3.63, 3.8) is 0 Å². The summed E-state index contributed by atoms with van der Waals surface area (Å²) in [7, 11) is 0. The number of carbonyl (C=O) groups excluding carboxylic acids is 2. The van der Waals surface area contributed by atoms with Gasteiger partial charge in [0.05, 0.1) is 30.7 Å². The second-order valence-electron chi connectivity index (χ2n) is 6.26. The van der Waals surface area contributed by atoms with E-state index in [1.165, 1.54) is 0 Å². The first-order valence-corrected chi connectivity index (χ1v) is 9.57. The van der Waals surface area contributed by atoms with Crippen molar-refractivity contribution in [2.75, 3.05) is 11.9 Å². The summed E-state index contributed by atoms with van der Waals surface area (Å²) in [4.78, 5) is 24.7. The van der Waals surface area contributed by atoms with Gasteiger partial charge in [-0.15, -0.1) is 0 Å². The number of anilines is 1. The standard InChI is InChI=1S/C22H21ClN2O4/c23-16-9-11-17(12-10-16)28-14-4-8-21(26)25-20-7-2-1-6-19(20)22(27)24-15-18-5-3-13-29-18/h1-3,5-7,9-13H,4,8,14-15H2,(H,24,27)(H,25,26). The van der Waals surface area contributed by atoms with Crippen molar-refractivity contribution in [1.82, 2.24) is 5.32 Å². The highest BCUT2D eigenvalue weighted by Gasteiger charge is 2.13. The molecule has 150 valence electrons. The minimum Gasteiger partial charge on any atom is -0.494 e. The Bertz CT molecular complexity index is 940. The Labute approximate surface area is 173 Å². The maximum absolute atomic E-state index is 12.4. The molecule has 0 bridgehead atoms. The van der Waals surface area contributed by atoms with E-state index in [1.54, 1.807) is 66.9 Å². The van der Waals surface area contributed by atoms with E-state index >= 15 is 0 Å². The molecule has 3 aromatic rings. The van der Waals surface area contributed by atoms with Crippen molar-refractivity contribution in [3.8, 4) is 5.75 Å². The molecule has 0 aliphatic rings. The van der Waals surface area contributed by atoms with Gasteiger partial charge in [-0.3, -0.25) is 9.59 Å². The van der Waals surface area contributed by atoms with Gasteiger partial charge in [0.1, 0.15) is 11.5 Å². The van der Waals surface area contributed by atoms with Gasteiger partial charge in [0.15, 0.2) is 0 Å². The minimum atomic E-state index is -0.289. The Morgan fingerprint density at radius 1 is 1.00 bits per heavy atom. The number of benzene rings is 2. The Kier molecular flexibility index (Phi) is 7.30. The summed E-state index contributed by atoms with van der Waals surface area (Å²) < 4.78 is 10.8. The smallest absolute Gasteiger partial charge is 0.253 e. The Balaban J connectivity index is 1.47. The molecule has 6 nitrogen and oxygen atoms in total. The van der Waals surface area contributed by atoms with Gasteiger partial charge in [0.25, 0.3) is 5.91 Å². The van der Waals surface area contributed by atoms with E-state index < -0.39 is 0 Å². The van der Waals surface area contributed by atoms with Gasteiger partial charge in [0, 0.05) is 11.4 Å². The third kappa shape index (κ3) is 6.40. The lowest BCUT2D eigenvalue weighted by Gasteiger charge is -2.11. The van der Waals surface area contributed by atoms with Crippen molar-refractivity contribution in [2.45, 2.75) is 19.4 Å². The lowest BCUT2D eigenvalue weighted by Crippen LogP contribution is -2.24. The second-order valence-corrected chi connectivity index (χ2v) is 6.70. The largest absolute Gasteiger partial charge is 0.494 e. The molecule has 0 radical (unpaired) electrons. The number of hydrogen-bond donors (Lipinski definition) is 2. The molecule has 2 N–H and O–H groups in total. The van der Waals surface area contributed by atoms with Gasteiger partial charge in [-0.05, 0) is 55.0 Å². The summed E-state index contributed by atoms with van der Waals surface area (Å²) in [6.45, 7) is 0.677. The summed E-state index contributed by atoms with van der Waals surface area (Å²) in [5.41, 5.74) is 0.859. The van der Waals surface area contributed by atoms with Crippen LogP contribution in [0.5, 0.6) is 5.75 Å². The molecule has 0 saturated carbocycles. The van der Waals surface area contributed by atoms with Gasteiger partial charge in [-0.1, -0.05) is 23.7 Å². The molecular weight excluding hydrogens is 392 g/mol. The highest BCUT2D eigenvalue weighted by molar-refractivity contribution is 6.30. The van der Waals surface area contributed by atoms with Crippen molar-refractivity contribution >= 4 is 29.1 Å². The third-order valence-electron chi connectivity index (χ3n) is 4.08. The zero-order valence-corrected chi connectivity index (χ0v) is 16.4. The zero-order chi connectivity index (χ0) is 20.5. The number of amides is 2. The molecular formula is C22H21ClN2O4. The van der Waals surface area contributed by atoms with Crippen LogP contribution in [0.4, 0.5) is 5.69 Å². The Morgan fingerprint density at radius 3 is 2.55 bits per heavy atom. The zero-order valence-electron chi connectivity index (χ0n) is 15.7. The molecule has 7 heteroatoms. The van der Waals surface area contributed by atoms with Gasteiger partial charge in [-0.2, -0.15) is 0 Å². The first-order valence-electron chi connectivity index (χ1n) is 9.19. The predicted molar refractivity (Wildman–Crippen MR) is 111 cm³/mol. The lowest BCUT2D eigenvalue weighted by atomic mass is 10.1. The predicted octanol–water partition coefficient (Wildman–Crippen LogP) is 4.66. The number of furan rings is 1. The van der Waals surface area contributed by atoms with E-state index in [1.807, 2.05) is 0 Å². The van der Waals surface area contributed by atoms with Gasteiger partial charge >= 0.3 is 0 Å². The first-order chi connectivity index (χ1) is 14.1. The average Bonchev–Trinajstić information content (AvgIpc) is 3.25. The van der Waals surface area contributed by atoms with Crippen LogP contribution < -0.4 is 15.4 Å². The van der Waals surface area contributed by atoms with Crippen LogP contribution in [0.3, 0.4) is 0 Å². The molecule has 0 aliphatic heterocycles. The van der Waals surface area contributed by atoms with Crippen LogP contribution in [0.2, 0.25) is 5.02 Å². The molecule has 0 atom stereocenters. The summed E-state index contributed by atoms with van der Waals surface area (Å²) in [6.07, 6.45) is 2.36. The van der Waals surface area contributed by atoms with E-state index in [0.29, 0.717) is 40.8 Å². The SMILES string of the molecule is O=C(CCCOc1ccc(Cl)cc1)Nc1ccccc1C(=O)NCc1ccco1. The maximum atomic E-state index is 12.4. The Hall–Kier alpha value is -3.25. The fraction of sp³-hybridized carbons (Fsp3) is 0.182. The average molecular weight is 413 g/mol. The van der Waals surface area contributed by atoms with Crippen LogP contribution in [0.1, 0.15) is 29.0 Å². The highest BCUT2D eigenvalue weighted by Crippen LogP contribution is 2.17. The summed E-state index contributed by atoms with van der Waals surface area (Å²) in [5, 5.41) is 6.21. The second kappa shape index (κ2) is 10.3. The summed E-state index contributed by atoms with van der Waals surface area (Å²) in [5.74, 6) is 0.883. The molecule has 0 unspecified atom stereocenters. The molecule has 2 amide bonds. The molecule has 0 fully saturated rings. The van der Waals surface area contributed by atoms with E-state index in [2.05, 4.69) is 10.6 Å². The molecule has 0 aliphatic carbocycles. The number of halogens is 1. The van der Waals surface area contributed by atoms with Crippen molar-refractivity contribution in [2.24, 2.45) is 0 Å². The number of para-hydroxylation sites is 1. The summed E-state index contributed by atoms with van der Waals surface area (Å²) in [6, 6.07) is 17.5. The molecule has 0 saturated heterocycles. The first kappa shape index (κ1) is 20.5. The molecule has 29 heavy (non-hydrogen) atoms. The van der Waals surface area contributed by atoms with Crippen LogP contribution in [0, 0.1) is 0 Å². The molecule has 0 spiro atoms. The monoisotopic (exact) mass is 412 g/mol. The van der Waals surface area contributed by atoms with Crippen molar-refractivity contribution in [1.29, 1.82) is 0 Å². The number of hydrogen-bond acceptors (Lipinski definition) is 4. The number of ether oxygens (including phenoxy) is 1. The maximum Gasteiger partial charge on any atom is 0.253 e. The number of carbonyl (C=O) groups is 2. The lowest BCUT2D eigenvalue weighted by molar-refractivity contribution is -0.116. The molecule has 1 heterocycles. The van der Waals surface area contributed by atoms with E-state index in [0.717, 1.165) is 0 Å². The number of nitrogens with one attached hydrogen (secondary N) is 2. The Morgan fingerprint density at radius 2 is 1.79 bits per heavy atom. The number of rotatable bonds is 9. The quantitative estimate of drug-likeness (QED) is 0.501. The highest BCUT2D eigenvalue weighted by atomic mass is 35.5. The van der Waals surface area contributed by atoms with Crippen molar-refractivity contribution in [3.05, 3.63) is 83.3 Å². The van der Waals surface area contributed by atoms with Crippen LogP contribution >= 0.6 is 11.6 Å². The van der Waals surface area contributed by atoms with Crippen LogP contribution in [0.25, 0.3) is 0 Å².